The summed E-state index contributed by atoms with van der Waals surface area (Å²) in [6, 6.07) is 10.6. The number of benzene rings is 2. The van der Waals surface area contributed by atoms with E-state index in [4.69, 9.17) is 16.1 Å². The van der Waals surface area contributed by atoms with Gasteiger partial charge < -0.3 is 9.84 Å². The van der Waals surface area contributed by atoms with Crippen molar-refractivity contribution in [1.82, 2.24) is 5.16 Å². The van der Waals surface area contributed by atoms with E-state index in [1.165, 1.54) is 22.5 Å². The van der Waals surface area contributed by atoms with Gasteiger partial charge in [-0.25, -0.2) is 12.8 Å². The number of sulfonamides is 1. The van der Waals surface area contributed by atoms with E-state index >= 15 is 0 Å². The summed E-state index contributed by atoms with van der Waals surface area (Å²) in [5.41, 5.74) is 1.02. The lowest BCUT2D eigenvalue weighted by Gasteiger charge is -2.17. The van der Waals surface area contributed by atoms with E-state index < -0.39 is 21.7 Å². The van der Waals surface area contributed by atoms with Gasteiger partial charge in [-0.3, -0.25) is 9.10 Å². The minimum absolute atomic E-state index is 0.00730. The molecule has 1 amide bonds. The van der Waals surface area contributed by atoms with Crippen molar-refractivity contribution in [2.45, 2.75) is 13.3 Å². The quantitative estimate of drug-likeness (QED) is 0.643. The molecule has 0 unspecified atom stereocenters. The molecule has 3 aromatic rings. The topological polar surface area (TPSA) is 92.5 Å². The van der Waals surface area contributed by atoms with Gasteiger partial charge in [-0.2, -0.15) is 0 Å². The van der Waals surface area contributed by atoms with Crippen LogP contribution in [0.2, 0.25) is 5.02 Å². The third-order valence-corrected chi connectivity index (χ3v) is 6.99. The van der Waals surface area contributed by atoms with Crippen molar-refractivity contribution < 1.29 is 22.1 Å². The molecule has 4 rings (SSSR count). The van der Waals surface area contributed by atoms with Gasteiger partial charge in [0.05, 0.1) is 22.0 Å². The number of nitrogens with one attached hydrogen (secondary N) is 1. The summed E-state index contributed by atoms with van der Waals surface area (Å²) in [7, 11) is -3.28. The van der Waals surface area contributed by atoms with Gasteiger partial charge in [0, 0.05) is 12.2 Å². The number of hydrogen-bond donors (Lipinski definition) is 1. The minimum atomic E-state index is -3.28. The van der Waals surface area contributed by atoms with E-state index in [-0.39, 0.29) is 33.4 Å². The molecule has 1 aromatic heterocycles. The summed E-state index contributed by atoms with van der Waals surface area (Å²) in [4.78, 5) is 12.9. The molecule has 30 heavy (non-hydrogen) atoms. The molecule has 0 spiro atoms. The molecule has 10 heteroatoms. The number of halogens is 2. The second-order valence-corrected chi connectivity index (χ2v) is 9.22. The van der Waals surface area contributed by atoms with Crippen molar-refractivity contribution in [3.8, 4) is 11.3 Å². The number of hydrogen-bond acceptors (Lipinski definition) is 5. The number of aryl methyl sites for hydroxylation is 1. The highest BCUT2D eigenvalue weighted by Gasteiger charge is 2.29. The lowest BCUT2D eigenvalue weighted by molar-refractivity contribution is 0.102. The van der Waals surface area contributed by atoms with Gasteiger partial charge in [-0.05, 0) is 49.7 Å². The summed E-state index contributed by atoms with van der Waals surface area (Å²) >= 11 is 6.11. The Labute approximate surface area is 177 Å². The molecule has 0 bridgehead atoms. The van der Waals surface area contributed by atoms with Gasteiger partial charge in [0.25, 0.3) is 5.91 Å². The first-order chi connectivity index (χ1) is 14.3. The number of carbonyl (C=O) groups excluding carboxylic acids is 1. The Morgan fingerprint density at radius 2 is 1.97 bits per heavy atom. The molecule has 2 aromatic carbocycles. The molecule has 2 heterocycles. The predicted octanol–water partition coefficient (Wildman–Crippen LogP) is 4.23. The van der Waals surface area contributed by atoms with Crippen molar-refractivity contribution in [3.63, 3.8) is 0 Å². The standard InChI is InChI=1S/C20H17ClFN3O4S/c1-12-17(19(24-29-12)18-15(21)4-2-5-16(18)22)20(26)23-13-6-8-14(9-7-13)25-10-3-11-30(25,27)28/h2,4-9H,3,10-11H2,1H3,(H,23,26). The minimum Gasteiger partial charge on any atom is -0.360 e. The zero-order valence-corrected chi connectivity index (χ0v) is 17.4. The van der Waals surface area contributed by atoms with Crippen LogP contribution in [0.3, 0.4) is 0 Å². The fraction of sp³-hybridized carbons (Fsp3) is 0.200. The number of nitrogens with zero attached hydrogens (tertiary/aromatic N) is 2. The van der Waals surface area contributed by atoms with E-state index in [1.54, 1.807) is 31.2 Å². The second-order valence-electron chi connectivity index (χ2n) is 6.80. The fourth-order valence-corrected chi connectivity index (χ4v) is 5.19. The summed E-state index contributed by atoms with van der Waals surface area (Å²) in [5.74, 6) is -0.841. The van der Waals surface area contributed by atoms with Crippen LogP contribution in [0.4, 0.5) is 15.8 Å². The van der Waals surface area contributed by atoms with Crippen LogP contribution in [0, 0.1) is 12.7 Å². The number of aromatic nitrogens is 1. The molecular weight excluding hydrogens is 433 g/mol. The van der Waals surface area contributed by atoms with Crippen molar-refractivity contribution in [1.29, 1.82) is 0 Å². The van der Waals surface area contributed by atoms with Crippen molar-refractivity contribution in [2.24, 2.45) is 0 Å². The van der Waals surface area contributed by atoms with E-state index in [9.17, 15) is 17.6 Å². The Morgan fingerprint density at radius 3 is 2.60 bits per heavy atom. The molecule has 1 saturated heterocycles. The Morgan fingerprint density at radius 1 is 1.23 bits per heavy atom. The summed E-state index contributed by atoms with van der Waals surface area (Å²) in [6.45, 7) is 1.97. The summed E-state index contributed by atoms with van der Waals surface area (Å²) in [5, 5.41) is 6.62. The first-order valence-electron chi connectivity index (χ1n) is 9.10. The van der Waals surface area contributed by atoms with Crippen LogP contribution in [0.15, 0.2) is 47.0 Å². The van der Waals surface area contributed by atoms with Crippen molar-refractivity contribution >= 4 is 38.9 Å². The van der Waals surface area contributed by atoms with E-state index in [2.05, 4.69) is 10.5 Å². The largest absolute Gasteiger partial charge is 0.360 e. The molecule has 156 valence electrons. The van der Waals surface area contributed by atoms with E-state index in [1.807, 2.05) is 0 Å². The Kier molecular flexibility index (Phi) is 5.25. The number of carbonyl (C=O) groups is 1. The first kappa shape index (κ1) is 20.4. The fourth-order valence-electron chi connectivity index (χ4n) is 3.37. The van der Waals surface area contributed by atoms with Crippen LogP contribution < -0.4 is 9.62 Å². The number of rotatable bonds is 4. The zero-order chi connectivity index (χ0) is 21.5. The maximum Gasteiger partial charge on any atom is 0.261 e. The number of amides is 1. The molecule has 0 radical (unpaired) electrons. The molecule has 0 aliphatic carbocycles. The SMILES string of the molecule is Cc1onc(-c2c(F)cccc2Cl)c1C(=O)Nc1ccc(N2CCCS2(=O)=O)cc1. The van der Waals surface area contributed by atoms with E-state index in [0.29, 0.717) is 24.3 Å². The third kappa shape index (κ3) is 3.66. The third-order valence-electron chi connectivity index (χ3n) is 4.80. The Balaban J connectivity index is 1.61. The molecular formula is C20H17ClFN3O4S. The smallest absolute Gasteiger partial charge is 0.261 e. The van der Waals surface area contributed by atoms with Crippen LogP contribution >= 0.6 is 11.6 Å². The van der Waals surface area contributed by atoms with Gasteiger partial charge in [0.15, 0.2) is 0 Å². The van der Waals surface area contributed by atoms with Crippen LogP contribution in [0.25, 0.3) is 11.3 Å². The van der Waals surface area contributed by atoms with Crippen molar-refractivity contribution in [2.75, 3.05) is 21.9 Å². The molecule has 1 N–H and O–H groups in total. The molecule has 1 aliphatic rings. The summed E-state index contributed by atoms with van der Waals surface area (Å²) in [6.07, 6.45) is 0.578. The van der Waals surface area contributed by atoms with Crippen LogP contribution in [-0.4, -0.2) is 31.8 Å². The van der Waals surface area contributed by atoms with Crippen LogP contribution in [0.5, 0.6) is 0 Å². The molecule has 0 saturated carbocycles. The number of anilines is 2. The Hall–Kier alpha value is -2.91. The molecule has 0 atom stereocenters. The zero-order valence-electron chi connectivity index (χ0n) is 15.9. The first-order valence-corrected chi connectivity index (χ1v) is 11.1. The van der Waals surface area contributed by atoms with Gasteiger partial charge in [0.1, 0.15) is 22.8 Å². The molecule has 1 aliphatic heterocycles. The maximum absolute atomic E-state index is 14.3. The molecule has 7 nitrogen and oxygen atoms in total. The highest BCUT2D eigenvalue weighted by atomic mass is 35.5. The van der Waals surface area contributed by atoms with Gasteiger partial charge in [0.2, 0.25) is 10.0 Å². The normalized spacial score (nSPS) is 15.4. The van der Waals surface area contributed by atoms with Crippen LogP contribution in [0.1, 0.15) is 22.5 Å². The predicted molar refractivity (Wildman–Crippen MR) is 112 cm³/mol. The van der Waals surface area contributed by atoms with E-state index in [0.717, 1.165) is 0 Å². The monoisotopic (exact) mass is 449 g/mol. The molecule has 1 fully saturated rings. The second kappa shape index (κ2) is 7.73. The highest BCUT2D eigenvalue weighted by molar-refractivity contribution is 7.93. The Bertz CT molecular complexity index is 1210. The average Bonchev–Trinajstić information content (AvgIpc) is 3.24. The average molecular weight is 450 g/mol. The van der Waals surface area contributed by atoms with Gasteiger partial charge >= 0.3 is 0 Å². The van der Waals surface area contributed by atoms with Crippen LogP contribution in [-0.2, 0) is 10.0 Å². The highest BCUT2D eigenvalue weighted by Crippen LogP contribution is 2.34. The lowest BCUT2D eigenvalue weighted by atomic mass is 10.0. The van der Waals surface area contributed by atoms with Gasteiger partial charge in [-0.1, -0.05) is 22.8 Å². The lowest BCUT2D eigenvalue weighted by Crippen LogP contribution is -2.25. The van der Waals surface area contributed by atoms with Gasteiger partial charge in [-0.15, -0.1) is 0 Å². The van der Waals surface area contributed by atoms with Crippen molar-refractivity contribution in [3.05, 3.63) is 64.6 Å². The maximum atomic E-state index is 14.3. The summed E-state index contributed by atoms with van der Waals surface area (Å²) < 4.78 is 44.9.